The molecule has 43 heavy (non-hydrogen) atoms. The van der Waals surface area contributed by atoms with Crippen LogP contribution in [0.5, 0.6) is 0 Å². The molecule has 0 saturated heterocycles. The fourth-order valence-electron chi connectivity index (χ4n) is 5.55. The van der Waals surface area contributed by atoms with Crippen LogP contribution in [0.1, 0.15) is 16.7 Å². The number of hydrogen-bond acceptors (Lipinski definition) is 0. The van der Waals surface area contributed by atoms with Crippen molar-refractivity contribution >= 4 is 28.4 Å². The first-order chi connectivity index (χ1) is 20.1. The van der Waals surface area contributed by atoms with Crippen molar-refractivity contribution in [1.82, 2.24) is 0 Å². The van der Waals surface area contributed by atoms with E-state index in [4.69, 9.17) is 0 Å². The van der Waals surface area contributed by atoms with Gasteiger partial charge in [-0.15, -0.1) is 68.6 Å². The Kier molecular flexibility index (Phi) is 12.4. The van der Waals surface area contributed by atoms with Crippen molar-refractivity contribution in [3.05, 3.63) is 171 Å². The van der Waals surface area contributed by atoms with E-state index in [9.17, 15) is 0 Å². The third kappa shape index (κ3) is 7.69. The van der Waals surface area contributed by atoms with Crippen molar-refractivity contribution in [3.63, 3.8) is 0 Å². The Morgan fingerprint density at radius 2 is 1.09 bits per heavy atom. The van der Waals surface area contributed by atoms with Crippen LogP contribution in [0.15, 0.2) is 140 Å². The van der Waals surface area contributed by atoms with Gasteiger partial charge in [0.1, 0.15) is 0 Å². The Morgan fingerprint density at radius 1 is 0.512 bits per heavy atom. The standard InChI is InChI=1S/C22H17.C17H15.2CH3.Si.Zr/c1-16-7-5-10-18(13-16)20-14-19-11-6-12-21(22(19)15-20)17-8-3-2-4-9-17;1-12-10-16-13(2)8-9-15(17(16)11-12)14-6-4-3-5-7-14;;;;/h2-15H,1H3;3-11H,1-2H3;2*1H3;;/q4*-1;;. The van der Waals surface area contributed by atoms with E-state index >= 15 is 0 Å². The van der Waals surface area contributed by atoms with E-state index in [-0.39, 0.29) is 14.9 Å². The molecule has 2 radical (unpaired) electrons. The molecule has 0 aliphatic carbocycles. The van der Waals surface area contributed by atoms with Crippen molar-refractivity contribution in [3.8, 4) is 33.4 Å². The molecule has 0 heterocycles. The Bertz CT molecular complexity index is 1890. The van der Waals surface area contributed by atoms with Gasteiger partial charge in [0.05, 0.1) is 0 Å². The van der Waals surface area contributed by atoms with Crippen LogP contribution in [0.25, 0.3) is 54.9 Å². The molecule has 7 aromatic carbocycles. The van der Waals surface area contributed by atoms with E-state index in [2.05, 4.69) is 167 Å². The SMILES string of the molecule is Cc1cc2c(-c3ccccc3)ccc(C)c2[cH-]1.Cc1cccc(-c2cc3c(-c4ccccc4)cccc3[cH-]2)c1.[CH3-].[CH3-].[Si]=[Zr]. The molecule has 7 rings (SSSR count). The molecule has 0 aliphatic heterocycles. The summed E-state index contributed by atoms with van der Waals surface area (Å²) in [5.41, 5.74) is 11.8. The van der Waals surface area contributed by atoms with Gasteiger partial charge in [-0.25, -0.2) is 0 Å². The van der Waals surface area contributed by atoms with E-state index < -0.39 is 0 Å². The van der Waals surface area contributed by atoms with Crippen LogP contribution >= 0.6 is 0 Å². The Hall–Kier alpha value is -3.58. The van der Waals surface area contributed by atoms with Crippen molar-refractivity contribution in [2.24, 2.45) is 0 Å². The summed E-state index contributed by atoms with van der Waals surface area (Å²) in [7, 11) is 0. The second-order valence-corrected chi connectivity index (χ2v) is 10.4. The number of aryl methyl sites for hydroxylation is 3. The summed E-state index contributed by atoms with van der Waals surface area (Å²) in [6.45, 7) is 9.54. The average molecular weight is 650 g/mol. The number of rotatable bonds is 3. The summed E-state index contributed by atoms with van der Waals surface area (Å²) < 4.78 is 0. The quantitative estimate of drug-likeness (QED) is 0.132. The summed E-state index contributed by atoms with van der Waals surface area (Å²) >= 11 is 1.36. The predicted octanol–water partition coefficient (Wildman–Crippen LogP) is 11.6. The summed E-state index contributed by atoms with van der Waals surface area (Å²) in [6.07, 6.45) is 0. The van der Waals surface area contributed by atoms with Crippen LogP contribution < -0.4 is 0 Å². The average Bonchev–Trinajstić information content (AvgIpc) is 3.64. The van der Waals surface area contributed by atoms with Gasteiger partial charge >= 0.3 is 30.2 Å². The molecule has 7 aromatic rings. The van der Waals surface area contributed by atoms with Gasteiger partial charge in [0.25, 0.3) is 0 Å². The predicted molar refractivity (Wildman–Crippen MR) is 188 cm³/mol. The second-order valence-electron chi connectivity index (χ2n) is 10.4. The van der Waals surface area contributed by atoms with Crippen LogP contribution in [0.4, 0.5) is 0 Å². The van der Waals surface area contributed by atoms with Crippen LogP contribution in [0.3, 0.4) is 0 Å². The first-order valence-electron chi connectivity index (χ1n) is 13.9. The van der Waals surface area contributed by atoms with Crippen LogP contribution in [-0.4, -0.2) is 6.88 Å². The fourth-order valence-corrected chi connectivity index (χ4v) is 5.55. The van der Waals surface area contributed by atoms with Gasteiger partial charge in [0.15, 0.2) is 0 Å². The molecule has 0 nitrogen and oxygen atoms in total. The van der Waals surface area contributed by atoms with Crippen LogP contribution in [0.2, 0.25) is 0 Å². The Morgan fingerprint density at radius 3 is 1.72 bits per heavy atom. The van der Waals surface area contributed by atoms with E-state index in [0.29, 0.717) is 0 Å². The first-order valence-corrected chi connectivity index (χ1v) is 18.0. The Balaban J connectivity index is 0.000000219. The Labute approximate surface area is 275 Å². The molecular weight excluding hydrogens is 612 g/mol. The number of fused-ring (bicyclic) bond motifs is 2. The molecule has 0 aliphatic rings. The number of benzene rings is 5. The fraction of sp³-hybridized carbons (Fsp3) is 0.0732. The molecule has 0 unspecified atom stereocenters. The van der Waals surface area contributed by atoms with Crippen molar-refractivity contribution in [2.45, 2.75) is 20.8 Å². The molecule has 0 aromatic heterocycles. The monoisotopic (exact) mass is 648 g/mol. The topological polar surface area (TPSA) is 0 Å². The summed E-state index contributed by atoms with van der Waals surface area (Å²) in [4.78, 5) is 0. The minimum atomic E-state index is 0. The van der Waals surface area contributed by atoms with Gasteiger partial charge < -0.3 is 14.9 Å². The maximum absolute atomic E-state index is 3.06. The van der Waals surface area contributed by atoms with Crippen molar-refractivity contribution in [1.29, 1.82) is 0 Å². The zero-order valence-corrected chi connectivity index (χ0v) is 29.2. The van der Waals surface area contributed by atoms with Gasteiger partial charge in [-0.1, -0.05) is 139 Å². The van der Waals surface area contributed by atoms with Gasteiger partial charge in [-0.05, 0) is 18.1 Å². The maximum atomic E-state index is 3.06. The van der Waals surface area contributed by atoms with Gasteiger partial charge in [-0.3, -0.25) is 0 Å². The molecule has 214 valence electrons. The minimum absolute atomic E-state index is 0. The zero-order valence-electron chi connectivity index (χ0n) is 25.8. The van der Waals surface area contributed by atoms with E-state index in [0.717, 1.165) is 0 Å². The molecule has 0 spiro atoms. The third-order valence-electron chi connectivity index (χ3n) is 7.52. The van der Waals surface area contributed by atoms with E-state index in [1.165, 1.54) is 95.0 Å². The summed E-state index contributed by atoms with van der Waals surface area (Å²) in [5.74, 6) is 0. The van der Waals surface area contributed by atoms with Gasteiger partial charge in [0.2, 0.25) is 0 Å². The van der Waals surface area contributed by atoms with Crippen LogP contribution in [-0.2, 0) is 23.3 Å². The normalized spacial score (nSPS) is 10.0. The van der Waals surface area contributed by atoms with Crippen molar-refractivity contribution in [2.75, 3.05) is 0 Å². The first kappa shape index (κ1) is 33.9. The van der Waals surface area contributed by atoms with Crippen molar-refractivity contribution < 1.29 is 23.3 Å². The van der Waals surface area contributed by atoms with E-state index in [1.54, 1.807) is 0 Å². The molecule has 2 heteroatoms. The molecule has 0 fully saturated rings. The molecule has 0 atom stereocenters. The number of hydrogen-bond donors (Lipinski definition) is 0. The van der Waals surface area contributed by atoms with E-state index in [1.807, 2.05) is 0 Å². The molecular formula is C41H38SiZr-4. The molecule has 0 bridgehead atoms. The van der Waals surface area contributed by atoms with Gasteiger partial charge in [0, 0.05) is 0 Å². The molecule has 0 saturated carbocycles. The summed E-state index contributed by atoms with van der Waals surface area (Å²) in [5, 5.41) is 5.38. The third-order valence-corrected chi connectivity index (χ3v) is 7.52. The van der Waals surface area contributed by atoms with Crippen LogP contribution in [0, 0.1) is 35.6 Å². The summed E-state index contributed by atoms with van der Waals surface area (Å²) in [6, 6.07) is 50.0. The zero-order chi connectivity index (χ0) is 28.8. The molecule has 0 N–H and O–H groups in total. The van der Waals surface area contributed by atoms with Gasteiger partial charge in [-0.2, -0.15) is 6.07 Å². The molecule has 0 amide bonds. The second kappa shape index (κ2) is 15.8.